The normalized spacial score (nSPS) is 11.5. The predicted octanol–water partition coefficient (Wildman–Crippen LogP) is 3.17. The van der Waals surface area contributed by atoms with Gasteiger partial charge in [-0.05, 0) is 26.0 Å². The van der Waals surface area contributed by atoms with E-state index in [9.17, 15) is 18.0 Å². The molecule has 0 aliphatic carbocycles. The molecule has 2 aromatic rings. The minimum absolute atomic E-state index is 0.144. The minimum atomic E-state index is -4.85. The number of halogens is 3. The molecule has 0 atom stereocenters. The number of carbonyl (C=O) groups excluding carboxylic acids is 1. The van der Waals surface area contributed by atoms with Crippen molar-refractivity contribution in [3.05, 3.63) is 46.8 Å². The third-order valence-corrected chi connectivity index (χ3v) is 3.09. The Kier molecular flexibility index (Phi) is 3.76. The van der Waals surface area contributed by atoms with Crippen LogP contribution in [0.2, 0.25) is 0 Å². The van der Waals surface area contributed by atoms with E-state index in [2.05, 4.69) is 9.84 Å². The summed E-state index contributed by atoms with van der Waals surface area (Å²) < 4.78 is 42.6. The zero-order chi connectivity index (χ0) is 15.8. The number of aryl methyl sites for hydroxylation is 2. The molecule has 0 saturated heterocycles. The average Bonchev–Trinajstić information content (AvgIpc) is 2.61. The second kappa shape index (κ2) is 5.23. The molecule has 1 aromatic heterocycles. The van der Waals surface area contributed by atoms with Gasteiger partial charge in [0.05, 0.1) is 16.8 Å². The Morgan fingerprint density at radius 1 is 1.24 bits per heavy atom. The highest BCUT2D eigenvalue weighted by atomic mass is 19.4. The summed E-state index contributed by atoms with van der Waals surface area (Å²) in [6.45, 7) is 3.31. The zero-order valence-corrected chi connectivity index (χ0v) is 11.7. The van der Waals surface area contributed by atoms with E-state index < -0.39 is 17.9 Å². The molecular formula is C14H13F3N2O2. The van der Waals surface area contributed by atoms with E-state index in [-0.39, 0.29) is 11.1 Å². The highest BCUT2D eigenvalue weighted by Gasteiger charge is 2.33. The van der Waals surface area contributed by atoms with Crippen molar-refractivity contribution in [1.29, 1.82) is 0 Å². The monoisotopic (exact) mass is 298 g/mol. The summed E-state index contributed by atoms with van der Waals surface area (Å²) in [4.78, 5) is 12.5. The molecular weight excluding hydrogens is 285 g/mol. The van der Waals surface area contributed by atoms with Crippen LogP contribution < -0.4 is 4.74 Å². The van der Waals surface area contributed by atoms with Crippen molar-refractivity contribution in [2.75, 3.05) is 0 Å². The summed E-state index contributed by atoms with van der Waals surface area (Å²) in [5, 5.41) is 4.09. The largest absolute Gasteiger partial charge is 0.573 e. The Morgan fingerprint density at radius 2 is 1.86 bits per heavy atom. The molecule has 4 nitrogen and oxygen atoms in total. The average molecular weight is 298 g/mol. The van der Waals surface area contributed by atoms with Gasteiger partial charge in [0.15, 0.2) is 5.78 Å². The number of hydrogen-bond donors (Lipinski definition) is 0. The lowest BCUT2D eigenvalue weighted by molar-refractivity contribution is -0.274. The summed E-state index contributed by atoms with van der Waals surface area (Å²) in [6, 6.07) is 5.27. The van der Waals surface area contributed by atoms with Crippen molar-refractivity contribution in [2.24, 2.45) is 7.05 Å². The molecule has 0 aliphatic rings. The summed E-state index contributed by atoms with van der Waals surface area (Å²) in [5.41, 5.74) is 1.19. The smallest absolute Gasteiger partial charge is 0.405 e. The lowest BCUT2D eigenvalue weighted by Gasteiger charge is -2.12. The van der Waals surface area contributed by atoms with Crippen LogP contribution in [0.3, 0.4) is 0 Å². The summed E-state index contributed by atoms with van der Waals surface area (Å²) in [5.74, 6) is -1.06. The van der Waals surface area contributed by atoms with Crippen LogP contribution in [0.1, 0.15) is 27.3 Å². The van der Waals surface area contributed by atoms with Crippen molar-refractivity contribution in [3.8, 4) is 5.75 Å². The first-order chi connectivity index (χ1) is 9.70. The van der Waals surface area contributed by atoms with Crippen LogP contribution >= 0.6 is 0 Å². The molecule has 0 unspecified atom stereocenters. The number of rotatable bonds is 3. The Hall–Kier alpha value is -2.31. The first-order valence-electron chi connectivity index (χ1n) is 6.10. The van der Waals surface area contributed by atoms with E-state index in [0.29, 0.717) is 11.4 Å². The second-order valence-corrected chi connectivity index (χ2v) is 4.54. The van der Waals surface area contributed by atoms with Gasteiger partial charge in [-0.25, -0.2) is 0 Å². The number of carbonyl (C=O) groups is 1. The Balaban J connectivity index is 2.49. The van der Waals surface area contributed by atoms with Gasteiger partial charge in [-0.3, -0.25) is 9.48 Å². The summed E-state index contributed by atoms with van der Waals surface area (Å²) in [7, 11) is 1.66. The highest BCUT2D eigenvalue weighted by molar-refractivity contribution is 6.12. The lowest BCUT2D eigenvalue weighted by Crippen LogP contribution is -2.19. The molecule has 0 amide bonds. The van der Waals surface area contributed by atoms with Crippen LogP contribution in [0.15, 0.2) is 24.3 Å². The molecule has 1 heterocycles. The van der Waals surface area contributed by atoms with Gasteiger partial charge in [0.25, 0.3) is 0 Å². The third kappa shape index (κ3) is 3.07. The molecule has 0 saturated carbocycles. The molecule has 2 rings (SSSR count). The molecule has 7 heteroatoms. The van der Waals surface area contributed by atoms with Crippen molar-refractivity contribution in [3.63, 3.8) is 0 Å². The fourth-order valence-electron chi connectivity index (χ4n) is 2.10. The standard InChI is InChI=1S/C14H13F3N2O2/c1-8-12(9(2)19(3)18-8)13(20)10-6-4-5-7-11(10)21-14(15,16)17/h4-7H,1-3H3. The number of hydrogen-bond acceptors (Lipinski definition) is 3. The van der Waals surface area contributed by atoms with E-state index in [4.69, 9.17) is 0 Å². The zero-order valence-electron chi connectivity index (χ0n) is 11.7. The number of ether oxygens (including phenoxy) is 1. The molecule has 0 aliphatic heterocycles. The number of nitrogens with zero attached hydrogens (tertiary/aromatic N) is 2. The molecule has 0 bridgehead atoms. The van der Waals surface area contributed by atoms with E-state index in [1.54, 1.807) is 20.9 Å². The van der Waals surface area contributed by atoms with Gasteiger partial charge in [0, 0.05) is 12.7 Å². The van der Waals surface area contributed by atoms with E-state index >= 15 is 0 Å². The molecule has 0 spiro atoms. The fourth-order valence-corrected chi connectivity index (χ4v) is 2.10. The number of benzene rings is 1. The Morgan fingerprint density at radius 3 is 2.38 bits per heavy atom. The molecule has 0 fully saturated rings. The summed E-state index contributed by atoms with van der Waals surface area (Å²) >= 11 is 0. The fraction of sp³-hybridized carbons (Fsp3) is 0.286. The lowest BCUT2D eigenvalue weighted by atomic mass is 10.0. The van der Waals surface area contributed by atoms with Crippen molar-refractivity contribution in [2.45, 2.75) is 20.2 Å². The SMILES string of the molecule is Cc1nn(C)c(C)c1C(=O)c1ccccc1OC(F)(F)F. The van der Waals surface area contributed by atoms with Crippen molar-refractivity contribution < 1.29 is 22.7 Å². The van der Waals surface area contributed by atoms with Crippen LogP contribution in [0.25, 0.3) is 0 Å². The van der Waals surface area contributed by atoms with E-state index in [0.717, 1.165) is 6.07 Å². The maximum atomic E-state index is 12.5. The number of para-hydroxylation sites is 1. The molecule has 0 radical (unpaired) electrons. The van der Waals surface area contributed by atoms with Crippen LogP contribution in [0.4, 0.5) is 13.2 Å². The summed E-state index contributed by atoms with van der Waals surface area (Å²) in [6.07, 6.45) is -4.85. The topological polar surface area (TPSA) is 44.1 Å². The van der Waals surface area contributed by atoms with Crippen molar-refractivity contribution in [1.82, 2.24) is 9.78 Å². The van der Waals surface area contributed by atoms with Gasteiger partial charge in [-0.2, -0.15) is 5.10 Å². The molecule has 0 N–H and O–H groups in total. The first-order valence-corrected chi connectivity index (χ1v) is 6.10. The number of alkyl halides is 3. The van der Waals surface area contributed by atoms with Crippen LogP contribution in [0.5, 0.6) is 5.75 Å². The Labute approximate surface area is 119 Å². The van der Waals surface area contributed by atoms with Crippen LogP contribution in [-0.2, 0) is 7.05 Å². The molecule has 21 heavy (non-hydrogen) atoms. The maximum absolute atomic E-state index is 12.5. The van der Waals surface area contributed by atoms with Crippen LogP contribution in [-0.4, -0.2) is 21.9 Å². The first kappa shape index (κ1) is 15.1. The van der Waals surface area contributed by atoms with E-state index in [1.165, 1.54) is 22.9 Å². The Bertz CT molecular complexity index is 690. The number of ketones is 1. The highest BCUT2D eigenvalue weighted by Crippen LogP contribution is 2.29. The van der Waals surface area contributed by atoms with E-state index in [1.807, 2.05) is 0 Å². The quantitative estimate of drug-likeness (QED) is 0.818. The minimum Gasteiger partial charge on any atom is -0.405 e. The van der Waals surface area contributed by atoms with Gasteiger partial charge in [0.1, 0.15) is 5.75 Å². The molecule has 112 valence electrons. The number of aromatic nitrogens is 2. The molecule has 1 aromatic carbocycles. The van der Waals surface area contributed by atoms with Gasteiger partial charge in [-0.1, -0.05) is 12.1 Å². The van der Waals surface area contributed by atoms with Gasteiger partial charge in [-0.15, -0.1) is 13.2 Å². The second-order valence-electron chi connectivity index (χ2n) is 4.54. The van der Waals surface area contributed by atoms with Gasteiger partial charge < -0.3 is 4.74 Å². The van der Waals surface area contributed by atoms with Crippen LogP contribution in [0, 0.1) is 13.8 Å². The van der Waals surface area contributed by atoms with Gasteiger partial charge in [0.2, 0.25) is 0 Å². The van der Waals surface area contributed by atoms with Crippen molar-refractivity contribution >= 4 is 5.78 Å². The maximum Gasteiger partial charge on any atom is 0.573 e. The van der Waals surface area contributed by atoms with Gasteiger partial charge >= 0.3 is 6.36 Å². The predicted molar refractivity (Wildman–Crippen MR) is 69.2 cm³/mol. The third-order valence-electron chi connectivity index (χ3n) is 3.09.